The number of carbonyl (C=O) groups is 1. The Kier molecular flexibility index (Phi) is 6.59. The lowest BCUT2D eigenvalue weighted by Gasteiger charge is -2.34. The maximum absolute atomic E-state index is 13.1. The van der Waals surface area contributed by atoms with E-state index in [4.69, 9.17) is 4.74 Å². The van der Waals surface area contributed by atoms with E-state index in [1.54, 1.807) is 12.0 Å². The van der Waals surface area contributed by atoms with Crippen LogP contribution >= 0.6 is 0 Å². The smallest absolute Gasteiger partial charge is 0.258 e. The minimum Gasteiger partial charge on any atom is -0.496 e. The molecule has 1 unspecified atom stereocenters. The van der Waals surface area contributed by atoms with Crippen LogP contribution < -0.4 is 15.0 Å². The van der Waals surface area contributed by atoms with Crippen molar-refractivity contribution in [3.05, 3.63) is 82.2 Å². The molecule has 5 heteroatoms. The second kappa shape index (κ2) is 9.80. The van der Waals surface area contributed by atoms with Crippen molar-refractivity contribution in [2.24, 2.45) is 5.92 Å². The molecule has 0 bridgehead atoms. The second-order valence-electron chi connectivity index (χ2n) is 10.2. The van der Waals surface area contributed by atoms with Crippen LogP contribution in [0.15, 0.2) is 65.5 Å². The molecule has 1 atom stereocenters. The van der Waals surface area contributed by atoms with E-state index in [2.05, 4.69) is 54.4 Å². The van der Waals surface area contributed by atoms with Crippen molar-refractivity contribution in [3.63, 3.8) is 0 Å². The maximum atomic E-state index is 13.1. The highest BCUT2D eigenvalue weighted by atomic mass is 16.5. The fourth-order valence-corrected chi connectivity index (χ4v) is 5.98. The molecule has 2 aromatic carbocycles. The summed E-state index contributed by atoms with van der Waals surface area (Å²) in [6.07, 6.45) is 7.72. The Bertz CT molecular complexity index is 1170. The van der Waals surface area contributed by atoms with Gasteiger partial charge >= 0.3 is 0 Å². The number of nitrogens with zero attached hydrogens (tertiary/aromatic N) is 2. The first kappa shape index (κ1) is 23.5. The molecule has 5 nitrogen and oxygen atoms in total. The summed E-state index contributed by atoms with van der Waals surface area (Å²) >= 11 is 0. The van der Waals surface area contributed by atoms with Crippen molar-refractivity contribution in [1.29, 1.82) is 0 Å². The number of allylic oxidation sites excluding steroid dienone is 2. The lowest BCUT2D eigenvalue weighted by atomic mass is 9.92. The molecule has 0 aromatic heterocycles. The van der Waals surface area contributed by atoms with Crippen LogP contribution in [-0.4, -0.2) is 44.1 Å². The van der Waals surface area contributed by atoms with Crippen molar-refractivity contribution in [3.8, 4) is 5.75 Å². The van der Waals surface area contributed by atoms with Crippen molar-refractivity contribution < 1.29 is 9.53 Å². The molecule has 0 saturated carbocycles. The minimum atomic E-state index is 0.0545. The van der Waals surface area contributed by atoms with Crippen LogP contribution in [0.5, 0.6) is 5.75 Å². The highest BCUT2D eigenvalue weighted by Gasteiger charge is 2.31. The van der Waals surface area contributed by atoms with Gasteiger partial charge in [0.15, 0.2) is 0 Å². The molecule has 1 saturated heterocycles. The van der Waals surface area contributed by atoms with E-state index in [1.165, 1.54) is 36.1 Å². The third kappa shape index (κ3) is 4.56. The molecule has 0 spiro atoms. The van der Waals surface area contributed by atoms with Crippen molar-refractivity contribution >= 4 is 11.6 Å². The van der Waals surface area contributed by atoms with Crippen LogP contribution in [-0.2, 0) is 12.8 Å². The lowest BCUT2D eigenvalue weighted by Crippen LogP contribution is -2.37. The number of hydrogen-bond acceptors (Lipinski definition) is 4. The summed E-state index contributed by atoms with van der Waals surface area (Å²) in [6.45, 7) is 6.63. The molecule has 0 radical (unpaired) electrons. The summed E-state index contributed by atoms with van der Waals surface area (Å²) in [5.74, 6) is 1.87. The predicted octanol–water partition coefficient (Wildman–Crippen LogP) is 5.32. The number of likely N-dealkylation sites (N-methyl/N-ethyl adjacent to an activating group) is 1. The molecular formula is C30H37N3O2. The lowest BCUT2D eigenvalue weighted by molar-refractivity contribution is 0.0838. The number of nitrogens with one attached hydrogen (secondary N) is 1. The molecule has 3 aliphatic rings. The largest absolute Gasteiger partial charge is 0.496 e. The van der Waals surface area contributed by atoms with Crippen LogP contribution in [0.2, 0.25) is 0 Å². The van der Waals surface area contributed by atoms with E-state index in [0.717, 1.165) is 60.1 Å². The van der Waals surface area contributed by atoms with E-state index in [9.17, 15) is 4.79 Å². The minimum absolute atomic E-state index is 0.0545. The number of methoxy groups -OCH3 is 1. The van der Waals surface area contributed by atoms with Gasteiger partial charge in [0.2, 0.25) is 0 Å². The van der Waals surface area contributed by atoms with Gasteiger partial charge in [-0.05, 0) is 60.9 Å². The molecule has 1 fully saturated rings. The molecule has 1 N–H and O–H groups in total. The number of rotatable bonds is 5. The summed E-state index contributed by atoms with van der Waals surface area (Å²) in [5, 5.41) is 3.65. The molecular weight excluding hydrogens is 434 g/mol. The average molecular weight is 472 g/mol. The Morgan fingerprint density at radius 3 is 2.63 bits per heavy atom. The standard InChI is InChI=1S/C30H37N3O2/c1-5-21-12-14-33(15-13-21)26-11-10-23(28(19-26)35-4)17-25-18-24-16-22-8-6-7-9-27(22)30(34)32(3)29(24)20(2)31-25/h6-11,18-19,21,25,31H,5,12-17H2,1-4H3. The molecule has 2 aromatic rings. The van der Waals surface area contributed by atoms with Crippen LogP contribution in [0.4, 0.5) is 5.69 Å². The van der Waals surface area contributed by atoms with Crippen LogP contribution in [0.25, 0.3) is 0 Å². The monoisotopic (exact) mass is 471 g/mol. The summed E-state index contributed by atoms with van der Waals surface area (Å²) in [7, 11) is 3.65. The summed E-state index contributed by atoms with van der Waals surface area (Å²) in [6, 6.07) is 14.8. The number of ether oxygens (including phenoxy) is 1. The topological polar surface area (TPSA) is 44.8 Å². The van der Waals surface area contributed by atoms with Gasteiger partial charge in [-0.1, -0.05) is 43.7 Å². The van der Waals surface area contributed by atoms with Gasteiger partial charge in [0.25, 0.3) is 5.91 Å². The van der Waals surface area contributed by atoms with Gasteiger partial charge in [-0.15, -0.1) is 0 Å². The van der Waals surface area contributed by atoms with E-state index in [1.807, 2.05) is 25.2 Å². The van der Waals surface area contributed by atoms with Crippen molar-refractivity contribution in [1.82, 2.24) is 10.2 Å². The van der Waals surface area contributed by atoms with Gasteiger partial charge in [-0.25, -0.2) is 0 Å². The Balaban J connectivity index is 1.38. The zero-order chi connectivity index (χ0) is 24.5. The average Bonchev–Trinajstić information content (AvgIpc) is 2.98. The number of benzene rings is 2. The molecule has 5 rings (SSSR count). The van der Waals surface area contributed by atoms with Crippen LogP contribution in [0, 0.1) is 5.92 Å². The third-order valence-corrected chi connectivity index (χ3v) is 8.00. The van der Waals surface area contributed by atoms with E-state index in [-0.39, 0.29) is 11.9 Å². The normalized spacial score (nSPS) is 20.6. The number of amides is 1. The quantitative estimate of drug-likeness (QED) is 0.641. The van der Waals surface area contributed by atoms with Crippen molar-refractivity contribution in [2.45, 2.75) is 52.0 Å². The van der Waals surface area contributed by atoms with Crippen LogP contribution in [0.3, 0.4) is 0 Å². The maximum Gasteiger partial charge on any atom is 0.258 e. The number of hydrogen-bond donors (Lipinski definition) is 1. The number of fused-ring (bicyclic) bond motifs is 2. The Morgan fingerprint density at radius 1 is 1.11 bits per heavy atom. The van der Waals surface area contributed by atoms with E-state index >= 15 is 0 Å². The fourth-order valence-electron chi connectivity index (χ4n) is 5.98. The number of anilines is 1. The third-order valence-electron chi connectivity index (χ3n) is 8.00. The SMILES string of the molecule is CCC1CCN(c2ccc(CC3C=C4Cc5ccccc5C(=O)N(C)C4=C(C)N3)c(OC)c2)CC1. The van der Waals surface area contributed by atoms with Gasteiger partial charge in [0.05, 0.1) is 12.8 Å². The Labute approximate surface area is 209 Å². The molecule has 184 valence electrons. The van der Waals surface area contributed by atoms with Crippen molar-refractivity contribution in [2.75, 3.05) is 32.1 Å². The Morgan fingerprint density at radius 2 is 1.89 bits per heavy atom. The highest BCUT2D eigenvalue weighted by molar-refractivity contribution is 5.98. The zero-order valence-corrected chi connectivity index (χ0v) is 21.4. The predicted molar refractivity (Wildman–Crippen MR) is 142 cm³/mol. The van der Waals surface area contributed by atoms with Gasteiger partial charge in [-0.3, -0.25) is 4.79 Å². The van der Waals surface area contributed by atoms with Crippen LogP contribution in [0.1, 0.15) is 54.6 Å². The molecule has 0 aliphatic carbocycles. The first-order valence-electron chi connectivity index (χ1n) is 12.9. The van der Waals surface area contributed by atoms with E-state index in [0.29, 0.717) is 0 Å². The molecule has 1 amide bonds. The van der Waals surface area contributed by atoms with E-state index < -0.39 is 0 Å². The summed E-state index contributed by atoms with van der Waals surface area (Å²) in [4.78, 5) is 17.4. The highest BCUT2D eigenvalue weighted by Crippen LogP contribution is 2.34. The number of carbonyl (C=O) groups excluding carboxylic acids is 1. The zero-order valence-electron chi connectivity index (χ0n) is 21.4. The first-order chi connectivity index (χ1) is 17.0. The summed E-state index contributed by atoms with van der Waals surface area (Å²) in [5.41, 5.74) is 7.60. The number of dihydropyridines is 1. The molecule has 35 heavy (non-hydrogen) atoms. The van der Waals surface area contributed by atoms with Gasteiger partial charge in [-0.2, -0.15) is 0 Å². The molecule has 3 heterocycles. The fraction of sp³-hybridized carbons (Fsp3) is 0.433. The van der Waals surface area contributed by atoms with Gasteiger partial charge < -0.3 is 19.9 Å². The number of piperidine rings is 1. The van der Waals surface area contributed by atoms with Gasteiger partial charge in [0, 0.05) is 55.6 Å². The Hall–Kier alpha value is -3.21. The van der Waals surface area contributed by atoms with Gasteiger partial charge in [0.1, 0.15) is 5.75 Å². The first-order valence-corrected chi connectivity index (χ1v) is 12.9. The second-order valence-corrected chi connectivity index (χ2v) is 10.2. The summed E-state index contributed by atoms with van der Waals surface area (Å²) < 4.78 is 5.85. The molecule has 3 aliphatic heterocycles.